The van der Waals surface area contributed by atoms with E-state index < -0.39 is 0 Å². The van der Waals surface area contributed by atoms with E-state index in [2.05, 4.69) is 232 Å². The van der Waals surface area contributed by atoms with Crippen molar-refractivity contribution in [1.82, 2.24) is 0 Å². The first kappa shape index (κ1) is 35.3. The van der Waals surface area contributed by atoms with E-state index >= 15 is 0 Å². The predicted octanol–water partition coefficient (Wildman–Crippen LogP) is 16.1. The van der Waals surface area contributed by atoms with Crippen molar-refractivity contribution in [3.63, 3.8) is 0 Å². The molecule has 0 aliphatic carbocycles. The third-order valence-corrected chi connectivity index (χ3v) is 11.8. The van der Waals surface area contributed by atoms with Crippen LogP contribution in [0.5, 0.6) is 0 Å². The average Bonchev–Trinajstić information content (AvgIpc) is 3.26. The first-order chi connectivity index (χ1) is 28.4. The van der Waals surface area contributed by atoms with Gasteiger partial charge in [0.25, 0.3) is 0 Å². The lowest BCUT2D eigenvalue weighted by atomic mass is 9.91. The van der Waals surface area contributed by atoms with Crippen LogP contribution in [0.3, 0.4) is 0 Å². The van der Waals surface area contributed by atoms with Crippen molar-refractivity contribution in [1.29, 1.82) is 0 Å². The molecule has 2 heteroatoms. The second-order valence-electron chi connectivity index (χ2n) is 15.7. The number of para-hydroxylation sites is 2. The van der Waals surface area contributed by atoms with Gasteiger partial charge in [0, 0.05) is 33.5 Å². The molecular weight excluding hydrogens is 701 g/mol. The monoisotopic (exact) mass is 744 g/mol. The van der Waals surface area contributed by atoms with Crippen LogP contribution in [0, 0.1) is 27.7 Å². The Kier molecular flexibility index (Phi) is 8.76. The van der Waals surface area contributed by atoms with Gasteiger partial charge in [0.15, 0.2) is 0 Å². The van der Waals surface area contributed by atoms with Crippen LogP contribution in [0.2, 0.25) is 0 Å². The lowest BCUT2D eigenvalue weighted by Gasteiger charge is -2.31. The molecule has 0 spiro atoms. The minimum absolute atomic E-state index is 1.13. The molecule has 0 saturated heterocycles. The molecule has 0 saturated carbocycles. The second kappa shape index (κ2) is 14.4. The molecule has 0 bridgehead atoms. The summed E-state index contributed by atoms with van der Waals surface area (Å²) in [6, 6.07) is 71.5. The molecule has 0 fully saturated rings. The highest BCUT2D eigenvalue weighted by Crippen LogP contribution is 2.49. The van der Waals surface area contributed by atoms with Gasteiger partial charge in [0.1, 0.15) is 0 Å². The minimum atomic E-state index is 1.13. The van der Waals surface area contributed by atoms with Crippen molar-refractivity contribution in [2.24, 2.45) is 0 Å². The van der Waals surface area contributed by atoms with Gasteiger partial charge < -0.3 is 9.80 Å². The molecule has 278 valence electrons. The highest BCUT2D eigenvalue weighted by atomic mass is 15.2. The number of hydrogen-bond acceptors (Lipinski definition) is 2. The summed E-state index contributed by atoms with van der Waals surface area (Å²) in [5.41, 5.74) is 16.7. The Morgan fingerprint density at radius 2 is 0.655 bits per heavy atom. The predicted molar refractivity (Wildman–Crippen MR) is 249 cm³/mol. The summed E-state index contributed by atoms with van der Waals surface area (Å²) in [6.45, 7) is 8.73. The van der Waals surface area contributed by atoms with E-state index in [0.717, 1.165) is 22.7 Å². The van der Waals surface area contributed by atoms with Crippen LogP contribution in [0.4, 0.5) is 34.1 Å². The van der Waals surface area contributed by atoms with E-state index in [1.165, 1.54) is 88.2 Å². The molecule has 0 amide bonds. The molecule has 2 nitrogen and oxygen atoms in total. The quantitative estimate of drug-likeness (QED) is 0.143. The van der Waals surface area contributed by atoms with Crippen molar-refractivity contribution in [2.75, 3.05) is 9.80 Å². The summed E-state index contributed by atoms with van der Waals surface area (Å²) >= 11 is 0. The number of rotatable bonds is 8. The van der Waals surface area contributed by atoms with E-state index in [-0.39, 0.29) is 0 Å². The minimum Gasteiger partial charge on any atom is -0.310 e. The normalized spacial score (nSPS) is 11.4. The van der Waals surface area contributed by atoms with E-state index in [9.17, 15) is 0 Å². The van der Waals surface area contributed by atoms with Gasteiger partial charge in [-0.25, -0.2) is 0 Å². The molecule has 0 N–H and O–H groups in total. The van der Waals surface area contributed by atoms with Crippen LogP contribution in [0.25, 0.3) is 54.6 Å². The van der Waals surface area contributed by atoms with Crippen molar-refractivity contribution >= 4 is 66.4 Å². The Balaban J connectivity index is 1.20. The maximum absolute atomic E-state index is 2.45. The lowest BCUT2D eigenvalue weighted by molar-refractivity contribution is 1.26. The number of aryl methyl sites for hydroxylation is 4. The molecule has 0 aliphatic heterocycles. The Morgan fingerprint density at radius 3 is 1.05 bits per heavy atom. The molecule has 0 aliphatic rings. The van der Waals surface area contributed by atoms with Crippen molar-refractivity contribution < 1.29 is 0 Å². The zero-order valence-corrected chi connectivity index (χ0v) is 33.4. The zero-order chi connectivity index (χ0) is 39.3. The molecule has 0 atom stereocenters. The maximum Gasteiger partial charge on any atom is 0.0540 e. The van der Waals surface area contributed by atoms with Crippen LogP contribution in [0.1, 0.15) is 22.3 Å². The number of benzene rings is 10. The topological polar surface area (TPSA) is 6.48 Å². The maximum atomic E-state index is 2.45. The fourth-order valence-electron chi connectivity index (χ4n) is 8.68. The van der Waals surface area contributed by atoms with Crippen LogP contribution in [0.15, 0.2) is 194 Å². The highest BCUT2D eigenvalue weighted by Gasteiger charge is 2.23. The summed E-state index contributed by atoms with van der Waals surface area (Å²) in [6.07, 6.45) is 0. The number of hydrogen-bond donors (Lipinski definition) is 0. The van der Waals surface area contributed by atoms with E-state index in [0.29, 0.717) is 0 Å². The van der Waals surface area contributed by atoms with Crippen molar-refractivity contribution in [3.05, 3.63) is 216 Å². The summed E-state index contributed by atoms with van der Waals surface area (Å²) in [7, 11) is 0. The van der Waals surface area contributed by atoms with Crippen LogP contribution < -0.4 is 9.80 Å². The Labute approximate surface area is 341 Å². The van der Waals surface area contributed by atoms with Gasteiger partial charge in [-0.15, -0.1) is 0 Å². The van der Waals surface area contributed by atoms with Crippen LogP contribution in [-0.4, -0.2) is 0 Å². The third-order valence-electron chi connectivity index (χ3n) is 11.8. The summed E-state index contributed by atoms with van der Waals surface area (Å²) in [5.74, 6) is 0. The largest absolute Gasteiger partial charge is 0.310 e. The lowest BCUT2D eigenvalue weighted by Crippen LogP contribution is -2.13. The molecule has 10 aromatic rings. The Hall–Kier alpha value is -7.16. The third kappa shape index (κ3) is 6.15. The standard InChI is InChI=1S/C56H44N2/c1-37-15-21-41(22-16-37)45-25-19-39(3)53(35-45)57(47-11-7-5-8-12-47)51-33-29-43-28-32-50-52(34-30-44-27-31-49(51)55(43)56(44)50)58(48-13-9-6-10-14-48)54-36-46(26-20-40(54)4)42-23-17-38(2)18-24-42/h5-36H,1-4H3. The van der Waals surface area contributed by atoms with E-state index in [1.807, 2.05) is 0 Å². The smallest absolute Gasteiger partial charge is 0.0540 e. The molecule has 0 unspecified atom stereocenters. The zero-order valence-electron chi connectivity index (χ0n) is 33.4. The fourth-order valence-corrected chi connectivity index (χ4v) is 8.68. The van der Waals surface area contributed by atoms with Crippen LogP contribution >= 0.6 is 0 Å². The number of anilines is 6. The summed E-state index contributed by atoms with van der Waals surface area (Å²) in [4.78, 5) is 4.91. The van der Waals surface area contributed by atoms with Gasteiger partial charge in [0.05, 0.1) is 11.4 Å². The first-order valence-corrected chi connectivity index (χ1v) is 20.2. The van der Waals surface area contributed by atoms with Gasteiger partial charge in [-0.2, -0.15) is 0 Å². The van der Waals surface area contributed by atoms with E-state index in [1.54, 1.807) is 0 Å². The molecule has 0 heterocycles. The fraction of sp³-hybridized carbons (Fsp3) is 0.0714. The summed E-state index contributed by atoms with van der Waals surface area (Å²) in [5, 5.41) is 7.47. The molecule has 0 aromatic heterocycles. The van der Waals surface area contributed by atoms with Crippen molar-refractivity contribution in [2.45, 2.75) is 27.7 Å². The average molecular weight is 745 g/mol. The molecular formula is C56H44N2. The molecule has 10 rings (SSSR count). The Bertz CT molecular complexity index is 2860. The van der Waals surface area contributed by atoms with Gasteiger partial charge in [-0.3, -0.25) is 0 Å². The SMILES string of the molecule is Cc1ccc(-c2ccc(C)c(N(c3ccccc3)c3ccc4ccc5c(N(c6ccccc6)c6cc(-c7ccc(C)cc7)ccc6C)ccc6ccc3c4c65)c2)cc1. The van der Waals surface area contributed by atoms with Gasteiger partial charge in [-0.1, -0.05) is 157 Å². The molecule has 58 heavy (non-hydrogen) atoms. The van der Waals surface area contributed by atoms with Gasteiger partial charge >= 0.3 is 0 Å². The first-order valence-electron chi connectivity index (χ1n) is 20.2. The van der Waals surface area contributed by atoms with Crippen molar-refractivity contribution in [3.8, 4) is 22.3 Å². The van der Waals surface area contributed by atoms with E-state index in [4.69, 9.17) is 0 Å². The molecule has 10 aromatic carbocycles. The second-order valence-corrected chi connectivity index (χ2v) is 15.7. The van der Waals surface area contributed by atoms with Gasteiger partial charge in [0.2, 0.25) is 0 Å². The van der Waals surface area contributed by atoms with Gasteiger partial charge in [-0.05, 0) is 131 Å². The van der Waals surface area contributed by atoms with Crippen LogP contribution in [-0.2, 0) is 0 Å². The number of nitrogens with zero attached hydrogens (tertiary/aromatic N) is 2. The Morgan fingerprint density at radius 1 is 0.293 bits per heavy atom. The summed E-state index contributed by atoms with van der Waals surface area (Å²) < 4.78 is 0. The molecule has 0 radical (unpaired) electrons. The highest BCUT2D eigenvalue weighted by molar-refractivity contribution is 6.28.